The lowest BCUT2D eigenvalue weighted by Gasteiger charge is -2.34. The van der Waals surface area contributed by atoms with Gasteiger partial charge in [-0.1, -0.05) is 45.8 Å². The van der Waals surface area contributed by atoms with E-state index in [0.717, 1.165) is 5.56 Å². The van der Waals surface area contributed by atoms with E-state index in [4.69, 9.17) is 14.2 Å². The quantitative estimate of drug-likeness (QED) is 0.363. The van der Waals surface area contributed by atoms with Crippen molar-refractivity contribution in [1.29, 1.82) is 5.26 Å². The standard InChI is InChI=1S/C25H27BrN2O6/c1-6-34-24(31)25(14-27,28-16(3)29)19(12-21(30)17-9-7-15(2)8-10-17)18-11-22(32-4)23(33-5)13-20(18)26/h7-11,13,19H,6,12H2,1-5H3,(H,28,29). The first-order valence-corrected chi connectivity index (χ1v) is 11.3. The fourth-order valence-corrected chi connectivity index (χ4v) is 4.23. The van der Waals surface area contributed by atoms with Gasteiger partial charge in [-0.15, -0.1) is 0 Å². The second-order valence-corrected chi connectivity index (χ2v) is 8.45. The van der Waals surface area contributed by atoms with Crippen LogP contribution < -0.4 is 14.8 Å². The van der Waals surface area contributed by atoms with Crippen LogP contribution in [0.15, 0.2) is 40.9 Å². The maximum absolute atomic E-state index is 13.3. The normalized spacial score (nSPS) is 13.1. The molecule has 0 aliphatic carbocycles. The first kappa shape index (κ1) is 26.9. The summed E-state index contributed by atoms with van der Waals surface area (Å²) >= 11 is 3.46. The molecular weight excluding hydrogens is 504 g/mol. The summed E-state index contributed by atoms with van der Waals surface area (Å²) in [6, 6.07) is 12.1. The highest BCUT2D eigenvalue weighted by Crippen LogP contribution is 2.42. The molecule has 8 nitrogen and oxygen atoms in total. The Bertz CT molecular complexity index is 1110. The van der Waals surface area contributed by atoms with Crippen molar-refractivity contribution in [3.05, 3.63) is 57.6 Å². The number of ether oxygens (including phenoxy) is 3. The highest BCUT2D eigenvalue weighted by Gasteiger charge is 2.51. The van der Waals surface area contributed by atoms with E-state index < -0.39 is 23.3 Å². The third-order valence-electron chi connectivity index (χ3n) is 5.31. The molecule has 0 saturated carbocycles. The van der Waals surface area contributed by atoms with E-state index in [1.54, 1.807) is 43.3 Å². The fraction of sp³-hybridized carbons (Fsp3) is 0.360. The van der Waals surface area contributed by atoms with Crippen molar-refractivity contribution in [2.45, 2.75) is 38.6 Å². The fourth-order valence-electron chi connectivity index (χ4n) is 3.63. The maximum atomic E-state index is 13.3. The van der Waals surface area contributed by atoms with Crippen LogP contribution in [-0.2, 0) is 14.3 Å². The van der Waals surface area contributed by atoms with Crippen LogP contribution in [0.3, 0.4) is 0 Å². The molecule has 2 rings (SSSR count). The van der Waals surface area contributed by atoms with Gasteiger partial charge in [-0.05, 0) is 31.5 Å². The van der Waals surface area contributed by atoms with Gasteiger partial charge < -0.3 is 19.5 Å². The predicted octanol–water partition coefficient (Wildman–Crippen LogP) is 4.09. The second-order valence-electron chi connectivity index (χ2n) is 7.60. The molecule has 9 heteroatoms. The van der Waals surface area contributed by atoms with E-state index >= 15 is 0 Å². The van der Waals surface area contributed by atoms with Crippen molar-refractivity contribution in [1.82, 2.24) is 5.32 Å². The van der Waals surface area contributed by atoms with Crippen molar-refractivity contribution in [3.8, 4) is 17.6 Å². The first-order valence-electron chi connectivity index (χ1n) is 10.5. The van der Waals surface area contributed by atoms with Crippen LogP contribution in [0, 0.1) is 18.3 Å². The van der Waals surface area contributed by atoms with E-state index in [2.05, 4.69) is 21.2 Å². The van der Waals surface area contributed by atoms with E-state index in [-0.39, 0.29) is 18.8 Å². The summed E-state index contributed by atoms with van der Waals surface area (Å²) < 4.78 is 16.4. The number of rotatable bonds is 10. The van der Waals surface area contributed by atoms with Crippen LogP contribution in [0.2, 0.25) is 0 Å². The van der Waals surface area contributed by atoms with E-state index in [9.17, 15) is 19.6 Å². The van der Waals surface area contributed by atoms with Crippen LogP contribution in [-0.4, -0.2) is 44.0 Å². The van der Waals surface area contributed by atoms with E-state index in [1.807, 2.05) is 13.0 Å². The van der Waals surface area contributed by atoms with Gasteiger partial charge in [0.25, 0.3) is 0 Å². The molecule has 1 amide bonds. The summed E-state index contributed by atoms with van der Waals surface area (Å²) in [6.45, 7) is 4.66. The number of ketones is 1. The minimum absolute atomic E-state index is 0.0203. The number of amides is 1. The lowest BCUT2D eigenvalue weighted by Crippen LogP contribution is -2.58. The molecule has 0 aliphatic rings. The topological polar surface area (TPSA) is 115 Å². The van der Waals surface area contributed by atoms with Crippen molar-refractivity contribution in [3.63, 3.8) is 0 Å². The number of methoxy groups -OCH3 is 2. The number of esters is 1. The number of halogens is 1. The van der Waals surface area contributed by atoms with Gasteiger partial charge in [0.15, 0.2) is 17.3 Å². The van der Waals surface area contributed by atoms with Crippen molar-refractivity contribution in [2.75, 3.05) is 20.8 Å². The molecule has 2 aromatic carbocycles. The minimum Gasteiger partial charge on any atom is -0.493 e. The number of hydrogen-bond acceptors (Lipinski definition) is 7. The molecule has 0 radical (unpaired) electrons. The Labute approximate surface area is 207 Å². The number of nitriles is 1. The number of carbonyl (C=O) groups is 3. The zero-order valence-electron chi connectivity index (χ0n) is 19.7. The smallest absolute Gasteiger partial charge is 0.347 e. The van der Waals surface area contributed by atoms with E-state index in [1.165, 1.54) is 21.1 Å². The van der Waals surface area contributed by atoms with Gasteiger partial charge in [0.1, 0.15) is 6.07 Å². The number of benzene rings is 2. The monoisotopic (exact) mass is 530 g/mol. The third kappa shape index (κ3) is 5.75. The number of Topliss-reactive ketones (excluding diaryl/α,β-unsaturated/α-hetero) is 1. The summed E-state index contributed by atoms with van der Waals surface area (Å²) in [5, 5.41) is 12.7. The SMILES string of the molecule is CCOC(=O)C(C#N)(NC(C)=O)C(CC(=O)c1ccc(C)cc1)c1cc(OC)c(OC)cc1Br. The van der Waals surface area contributed by atoms with Crippen molar-refractivity contribution >= 4 is 33.6 Å². The number of carbonyl (C=O) groups excluding carboxylic acids is 3. The van der Waals surface area contributed by atoms with Crippen LogP contribution in [0.25, 0.3) is 0 Å². The number of aryl methyl sites for hydroxylation is 1. The molecule has 2 aromatic rings. The predicted molar refractivity (Wildman–Crippen MR) is 129 cm³/mol. The summed E-state index contributed by atoms with van der Waals surface area (Å²) in [5.41, 5.74) is -0.399. The van der Waals surface area contributed by atoms with Gasteiger partial charge >= 0.3 is 5.97 Å². The maximum Gasteiger partial charge on any atom is 0.347 e. The molecule has 0 aromatic heterocycles. The average molecular weight is 531 g/mol. The highest BCUT2D eigenvalue weighted by molar-refractivity contribution is 9.10. The minimum atomic E-state index is -2.18. The summed E-state index contributed by atoms with van der Waals surface area (Å²) in [5.74, 6) is -2.30. The lowest BCUT2D eigenvalue weighted by atomic mass is 9.76. The van der Waals surface area contributed by atoms with Gasteiger partial charge in [0.05, 0.1) is 20.8 Å². The van der Waals surface area contributed by atoms with Gasteiger partial charge in [0.2, 0.25) is 11.4 Å². The molecule has 0 spiro atoms. The molecule has 34 heavy (non-hydrogen) atoms. The highest BCUT2D eigenvalue weighted by atomic mass is 79.9. The van der Waals surface area contributed by atoms with E-state index in [0.29, 0.717) is 27.1 Å². The molecule has 0 saturated heterocycles. The zero-order valence-corrected chi connectivity index (χ0v) is 21.3. The Morgan fingerprint density at radius 2 is 1.71 bits per heavy atom. The van der Waals surface area contributed by atoms with Gasteiger partial charge in [-0.3, -0.25) is 9.59 Å². The zero-order chi connectivity index (χ0) is 25.5. The number of nitrogens with one attached hydrogen (secondary N) is 1. The Morgan fingerprint density at radius 3 is 2.21 bits per heavy atom. The molecule has 0 heterocycles. The molecule has 0 fully saturated rings. The molecule has 0 aliphatic heterocycles. The summed E-state index contributed by atoms with van der Waals surface area (Å²) in [7, 11) is 2.91. The second kappa shape index (κ2) is 11.7. The van der Waals surface area contributed by atoms with Crippen LogP contribution in [0.5, 0.6) is 11.5 Å². The largest absolute Gasteiger partial charge is 0.493 e. The molecule has 2 unspecified atom stereocenters. The Hall–Kier alpha value is -3.38. The summed E-state index contributed by atoms with van der Waals surface area (Å²) in [4.78, 5) is 38.6. The van der Waals surface area contributed by atoms with Gasteiger partial charge in [-0.2, -0.15) is 5.26 Å². The first-order chi connectivity index (χ1) is 16.1. The Kier molecular flexibility index (Phi) is 9.21. The Balaban J connectivity index is 2.77. The molecule has 0 bridgehead atoms. The van der Waals surface area contributed by atoms with Crippen LogP contribution >= 0.6 is 15.9 Å². The summed E-state index contributed by atoms with van der Waals surface area (Å²) in [6.07, 6.45) is -0.274. The van der Waals surface area contributed by atoms with Gasteiger partial charge in [0, 0.05) is 29.3 Å². The molecule has 1 N–H and O–H groups in total. The lowest BCUT2D eigenvalue weighted by molar-refractivity contribution is -0.151. The van der Waals surface area contributed by atoms with Gasteiger partial charge in [-0.25, -0.2) is 4.79 Å². The van der Waals surface area contributed by atoms with Crippen molar-refractivity contribution in [2.24, 2.45) is 0 Å². The van der Waals surface area contributed by atoms with Crippen LogP contribution in [0.1, 0.15) is 47.7 Å². The molecule has 2 atom stereocenters. The number of hydrogen-bond donors (Lipinski definition) is 1. The Morgan fingerprint density at radius 1 is 1.12 bits per heavy atom. The number of nitrogens with zero attached hydrogens (tertiary/aromatic N) is 1. The average Bonchev–Trinajstić information content (AvgIpc) is 2.81. The van der Waals surface area contributed by atoms with Crippen molar-refractivity contribution < 1.29 is 28.6 Å². The molecular formula is C25H27BrN2O6. The molecule has 180 valence electrons. The third-order valence-corrected chi connectivity index (χ3v) is 6.00. The van der Waals surface area contributed by atoms with Crippen LogP contribution in [0.4, 0.5) is 0 Å².